The lowest BCUT2D eigenvalue weighted by Crippen LogP contribution is -2.54. The first-order chi connectivity index (χ1) is 17.1. The van der Waals surface area contributed by atoms with Crippen molar-refractivity contribution in [2.75, 3.05) is 0 Å². The van der Waals surface area contributed by atoms with Crippen LogP contribution in [-0.2, 0) is 9.53 Å². The van der Waals surface area contributed by atoms with Crippen LogP contribution in [0.1, 0.15) is 145 Å². The van der Waals surface area contributed by atoms with Gasteiger partial charge in [0.2, 0.25) is 0 Å². The average molecular weight is 501 g/mol. The summed E-state index contributed by atoms with van der Waals surface area (Å²) in [5, 5.41) is 0. The highest BCUT2D eigenvalue weighted by atomic mass is 16.5. The van der Waals surface area contributed by atoms with E-state index in [-0.39, 0.29) is 12.1 Å². The van der Waals surface area contributed by atoms with Crippen molar-refractivity contribution >= 4 is 5.97 Å². The molecule has 2 nitrogen and oxygen atoms in total. The topological polar surface area (TPSA) is 26.3 Å². The van der Waals surface area contributed by atoms with Crippen molar-refractivity contribution in [3.8, 4) is 0 Å². The predicted molar refractivity (Wildman–Crippen MR) is 152 cm³/mol. The van der Waals surface area contributed by atoms with Crippen molar-refractivity contribution in [3.63, 3.8) is 0 Å². The molecule has 0 heterocycles. The Hall–Kier alpha value is -0.530. The van der Waals surface area contributed by atoms with E-state index in [0.29, 0.717) is 17.3 Å². The lowest BCUT2D eigenvalue weighted by Gasteiger charge is -2.61. The van der Waals surface area contributed by atoms with E-state index in [0.717, 1.165) is 79.4 Å². The molecule has 0 saturated heterocycles. The second-order valence-corrected chi connectivity index (χ2v) is 15.0. The minimum Gasteiger partial charge on any atom is -0.462 e. The molecule has 0 bridgehead atoms. The van der Waals surface area contributed by atoms with Crippen molar-refractivity contribution in [3.05, 3.63) is 0 Å². The van der Waals surface area contributed by atoms with Crippen LogP contribution in [0.15, 0.2) is 0 Å². The SMILES string of the molecule is CCCCCC(=O)OC1CC[C@@]2(C)C(CC[C@H]3[C@@H]4CC[C@H]([C@H](C)CC[C@H](C)C(C)C)[C@@]4(C)CC[C@@H]32)C1. The van der Waals surface area contributed by atoms with Crippen LogP contribution in [0.4, 0.5) is 0 Å². The third kappa shape index (κ3) is 5.59. The fourth-order valence-corrected chi connectivity index (χ4v) is 10.1. The normalized spacial score (nSPS) is 41.8. The van der Waals surface area contributed by atoms with E-state index in [1.165, 1.54) is 57.8 Å². The van der Waals surface area contributed by atoms with E-state index in [1.807, 2.05) is 0 Å². The van der Waals surface area contributed by atoms with E-state index < -0.39 is 0 Å². The summed E-state index contributed by atoms with van der Waals surface area (Å²) < 4.78 is 6.01. The Morgan fingerprint density at radius 2 is 1.58 bits per heavy atom. The van der Waals surface area contributed by atoms with Gasteiger partial charge in [0.1, 0.15) is 6.10 Å². The molecule has 2 heteroatoms. The first-order valence-corrected chi connectivity index (χ1v) is 16.3. The van der Waals surface area contributed by atoms with Crippen molar-refractivity contribution in [1.29, 1.82) is 0 Å². The largest absolute Gasteiger partial charge is 0.462 e. The molecule has 0 spiro atoms. The summed E-state index contributed by atoms with van der Waals surface area (Å²) in [6.45, 7) is 17.4. The number of rotatable bonds is 10. The van der Waals surface area contributed by atoms with Gasteiger partial charge in [0.05, 0.1) is 0 Å². The maximum Gasteiger partial charge on any atom is 0.306 e. The summed E-state index contributed by atoms with van der Waals surface area (Å²) in [6, 6.07) is 0. The molecule has 4 fully saturated rings. The number of esters is 1. The lowest BCUT2D eigenvalue weighted by atomic mass is 9.44. The Morgan fingerprint density at radius 3 is 2.31 bits per heavy atom. The maximum absolute atomic E-state index is 12.4. The highest BCUT2D eigenvalue weighted by Gasteiger charge is 2.60. The van der Waals surface area contributed by atoms with Gasteiger partial charge < -0.3 is 4.74 Å². The van der Waals surface area contributed by atoms with E-state index in [9.17, 15) is 4.79 Å². The average Bonchev–Trinajstić information content (AvgIpc) is 3.20. The van der Waals surface area contributed by atoms with Crippen LogP contribution in [0.2, 0.25) is 0 Å². The molecular weight excluding hydrogens is 440 g/mol. The summed E-state index contributed by atoms with van der Waals surface area (Å²) in [5.74, 6) is 7.13. The van der Waals surface area contributed by atoms with Crippen molar-refractivity contribution < 1.29 is 9.53 Å². The quantitative estimate of drug-likeness (QED) is 0.220. The second kappa shape index (κ2) is 11.7. The standard InChI is InChI=1S/C34H60O2/c1-8-9-10-11-32(35)36-27-18-20-33(6)26(22-27)14-15-28-30-17-16-29(34(30,7)21-19-31(28)33)25(5)13-12-24(4)23(2)3/h23-31H,8-22H2,1-7H3/t24-,25+,26?,27?,28-,29+,30-,31-,33-,34+/m0/s1. The van der Waals surface area contributed by atoms with Gasteiger partial charge in [0, 0.05) is 6.42 Å². The summed E-state index contributed by atoms with van der Waals surface area (Å²) in [5.41, 5.74) is 1.06. The van der Waals surface area contributed by atoms with Crippen LogP contribution < -0.4 is 0 Å². The zero-order valence-electron chi connectivity index (χ0n) is 25.1. The Kier molecular flexibility index (Phi) is 9.25. The van der Waals surface area contributed by atoms with Crippen LogP contribution >= 0.6 is 0 Å². The summed E-state index contributed by atoms with van der Waals surface area (Å²) in [6.07, 6.45) is 19.2. The van der Waals surface area contributed by atoms with Crippen LogP contribution in [0.25, 0.3) is 0 Å². The zero-order chi connectivity index (χ0) is 26.1. The fraction of sp³-hybridized carbons (Fsp3) is 0.971. The van der Waals surface area contributed by atoms with Crippen LogP contribution in [0.3, 0.4) is 0 Å². The lowest BCUT2D eigenvalue weighted by molar-refractivity contribution is -0.162. The Morgan fingerprint density at radius 1 is 0.861 bits per heavy atom. The molecule has 10 atom stereocenters. The minimum atomic E-state index is 0.0630. The van der Waals surface area contributed by atoms with Crippen LogP contribution in [0, 0.1) is 58.2 Å². The van der Waals surface area contributed by atoms with Gasteiger partial charge in [-0.1, -0.05) is 74.1 Å². The Labute approximate surface area is 224 Å². The smallest absolute Gasteiger partial charge is 0.306 e. The van der Waals surface area contributed by atoms with E-state index in [2.05, 4.69) is 48.5 Å². The maximum atomic E-state index is 12.4. The number of hydrogen-bond donors (Lipinski definition) is 0. The van der Waals surface area contributed by atoms with Crippen molar-refractivity contribution in [2.45, 2.75) is 151 Å². The molecule has 0 N–H and O–H groups in total. The van der Waals surface area contributed by atoms with Crippen LogP contribution in [-0.4, -0.2) is 12.1 Å². The zero-order valence-corrected chi connectivity index (χ0v) is 25.1. The van der Waals surface area contributed by atoms with Crippen molar-refractivity contribution in [1.82, 2.24) is 0 Å². The van der Waals surface area contributed by atoms with Gasteiger partial charge in [0.25, 0.3) is 0 Å². The van der Waals surface area contributed by atoms with Gasteiger partial charge in [-0.3, -0.25) is 4.79 Å². The van der Waals surface area contributed by atoms with E-state index >= 15 is 0 Å². The molecule has 0 aliphatic heterocycles. The molecule has 0 aromatic rings. The molecule has 0 radical (unpaired) electrons. The number of ether oxygens (including phenoxy) is 1. The molecule has 208 valence electrons. The number of unbranched alkanes of at least 4 members (excludes halogenated alkanes) is 2. The summed E-state index contributed by atoms with van der Waals surface area (Å²) >= 11 is 0. The molecule has 2 unspecified atom stereocenters. The van der Waals surface area contributed by atoms with Crippen molar-refractivity contribution in [2.24, 2.45) is 58.2 Å². The minimum absolute atomic E-state index is 0.0630. The number of hydrogen-bond acceptors (Lipinski definition) is 2. The molecule has 36 heavy (non-hydrogen) atoms. The molecule has 4 aliphatic rings. The molecule has 4 saturated carbocycles. The van der Waals surface area contributed by atoms with Crippen LogP contribution in [0.5, 0.6) is 0 Å². The molecular formula is C34H60O2. The third-order valence-corrected chi connectivity index (χ3v) is 12.9. The van der Waals surface area contributed by atoms with Gasteiger partial charge in [-0.05, 0) is 122 Å². The fourth-order valence-electron chi connectivity index (χ4n) is 10.1. The molecule has 0 amide bonds. The molecule has 0 aromatic carbocycles. The van der Waals surface area contributed by atoms with Gasteiger partial charge >= 0.3 is 5.97 Å². The van der Waals surface area contributed by atoms with E-state index in [1.54, 1.807) is 0 Å². The Bertz CT molecular complexity index is 729. The first kappa shape index (κ1) is 28.5. The Balaban J connectivity index is 1.36. The van der Waals surface area contributed by atoms with Gasteiger partial charge in [-0.15, -0.1) is 0 Å². The number of carbonyl (C=O) groups is 1. The highest BCUT2D eigenvalue weighted by molar-refractivity contribution is 5.69. The molecule has 4 rings (SSSR count). The van der Waals surface area contributed by atoms with Gasteiger partial charge in [-0.2, -0.15) is 0 Å². The number of carbonyl (C=O) groups excluding carboxylic acids is 1. The summed E-state index contributed by atoms with van der Waals surface area (Å²) in [4.78, 5) is 12.4. The predicted octanol–water partition coefficient (Wildman–Crippen LogP) is 9.85. The van der Waals surface area contributed by atoms with Gasteiger partial charge in [-0.25, -0.2) is 0 Å². The highest BCUT2D eigenvalue weighted by Crippen LogP contribution is 2.68. The van der Waals surface area contributed by atoms with Gasteiger partial charge in [0.15, 0.2) is 0 Å². The summed E-state index contributed by atoms with van der Waals surface area (Å²) in [7, 11) is 0. The first-order valence-electron chi connectivity index (χ1n) is 16.3. The monoisotopic (exact) mass is 500 g/mol. The molecule has 4 aliphatic carbocycles. The van der Waals surface area contributed by atoms with E-state index in [4.69, 9.17) is 4.74 Å². The second-order valence-electron chi connectivity index (χ2n) is 15.0. The third-order valence-electron chi connectivity index (χ3n) is 12.9. The molecule has 0 aromatic heterocycles. The number of fused-ring (bicyclic) bond motifs is 5.